The van der Waals surface area contributed by atoms with Gasteiger partial charge in [0.15, 0.2) is 11.0 Å². The van der Waals surface area contributed by atoms with Crippen molar-refractivity contribution in [2.75, 3.05) is 7.05 Å². The van der Waals surface area contributed by atoms with Crippen molar-refractivity contribution in [1.82, 2.24) is 4.90 Å². The highest BCUT2D eigenvalue weighted by Crippen LogP contribution is 2.24. The van der Waals surface area contributed by atoms with Gasteiger partial charge >= 0.3 is 0 Å². The molecule has 1 aromatic rings. The molecule has 0 bridgehead atoms. The second-order valence-corrected chi connectivity index (χ2v) is 5.00. The lowest BCUT2D eigenvalue weighted by molar-refractivity contribution is -0.126. The average Bonchev–Trinajstić information content (AvgIpc) is 2.33. The predicted octanol–water partition coefficient (Wildman–Crippen LogP) is 2.22. The number of thioether (sulfide) groups is 1. The van der Waals surface area contributed by atoms with Crippen LogP contribution < -0.4 is 0 Å². The number of hydrogen-bond acceptors (Lipinski definition) is 3. The highest BCUT2D eigenvalue weighted by atomic mass is 32.2. The Morgan fingerprint density at radius 2 is 1.94 bits per heavy atom. The van der Waals surface area contributed by atoms with Crippen LogP contribution in [-0.4, -0.2) is 28.9 Å². The molecule has 3 nitrogen and oxygen atoms in total. The van der Waals surface area contributed by atoms with E-state index in [0.717, 1.165) is 5.56 Å². The first-order valence-corrected chi connectivity index (χ1v) is 6.23. The number of ketones is 1. The Kier molecular flexibility index (Phi) is 3.33. The Morgan fingerprint density at radius 1 is 1.29 bits per heavy atom. The number of benzene rings is 1. The monoisotopic (exact) mass is 247 g/mol. The van der Waals surface area contributed by atoms with Crippen molar-refractivity contribution in [3.63, 3.8) is 0 Å². The molecule has 1 heterocycles. The van der Waals surface area contributed by atoms with Gasteiger partial charge in [0.1, 0.15) is 0 Å². The van der Waals surface area contributed by atoms with Crippen LogP contribution in [-0.2, 0) is 4.79 Å². The molecule has 1 amide bonds. The lowest BCUT2D eigenvalue weighted by Crippen LogP contribution is -2.38. The van der Waals surface area contributed by atoms with Gasteiger partial charge in [-0.25, -0.2) is 0 Å². The maximum atomic E-state index is 12.2. The standard InChI is InChI=1S/C13H13NO2S/c1-9-3-5-10(6-4-9)11(15)12-13(16)14(2)7-8-17-12/h3-8,12H,1-2H3. The molecule has 0 aromatic heterocycles. The Bertz CT molecular complexity index is 479. The first-order chi connectivity index (χ1) is 8.09. The molecule has 0 N–H and O–H groups in total. The highest BCUT2D eigenvalue weighted by molar-refractivity contribution is 8.04. The Balaban J connectivity index is 2.23. The molecule has 1 unspecified atom stereocenters. The van der Waals surface area contributed by atoms with Crippen LogP contribution in [0.2, 0.25) is 0 Å². The molecule has 88 valence electrons. The minimum atomic E-state index is -0.646. The van der Waals surface area contributed by atoms with E-state index in [2.05, 4.69) is 0 Å². The minimum absolute atomic E-state index is 0.129. The van der Waals surface area contributed by atoms with Crippen LogP contribution in [0.25, 0.3) is 0 Å². The molecule has 1 atom stereocenters. The van der Waals surface area contributed by atoms with Crippen LogP contribution in [0.4, 0.5) is 0 Å². The smallest absolute Gasteiger partial charge is 0.247 e. The summed E-state index contributed by atoms with van der Waals surface area (Å²) >= 11 is 1.26. The number of carbonyl (C=O) groups excluding carboxylic acids is 2. The van der Waals surface area contributed by atoms with E-state index in [1.807, 2.05) is 19.1 Å². The van der Waals surface area contributed by atoms with E-state index in [1.54, 1.807) is 30.8 Å². The summed E-state index contributed by atoms with van der Waals surface area (Å²) in [5.41, 5.74) is 1.69. The molecule has 0 radical (unpaired) electrons. The number of Topliss-reactive ketones (excluding diaryl/α,β-unsaturated/α-hetero) is 1. The van der Waals surface area contributed by atoms with E-state index in [1.165, 1.54) is 16.7 Å². The normalized spacial score (nSPS) is 19.5. The van der Waals surface area contributed by atoms with E-state index in [0.29, 0.717) is 5.56 Å². The lowest BCUT2D eigenvalue weighted by atomic mass is 10.1. The van der Waals surface area contributed by atoms with Gasteiger partial charge in [0.2, 0.25) is 5.91 Å². The third kappa shape index (κ3) is 2.42. The van der Waals surface area contributed by atoms with Crippen LogP contribution >= 0.6 is 11.8 Å². The van der Waals surface area contributed by atoms with Crippen molar-refractivity contribution in [2.24, 2.45) is 0 Å². The fraction of sp³-hybridized carbons (Fsp3) is 0.231. The predicted molar refractivity (Wildman–Crippen MR) is 68.8 cm³/mol. The first-order valence-electron chi connectivity index (χ1n) is 5.29. The Hall–Kier alpha value is -1.55. The maximum Gasteiger partial charge on any atom is 0.247 e. The summed E-state index contributed by atoms with van der Waals surface area (Å²) in [6.07, 6.45) is 1.67. The summed E-state index contributed by atoms with van der Waals surface area (Å²) in [6, 6.07) is 7.29. The van der Waals surface area contributed by atoms with Crippen molar-refractivity contribution >= 4 is 23.5 Å². The molecular formula is C13H13NO2S. The maximum absolute atomic E-state index is 12.2. The molecule has 4 heteroatoms. The topological polar surface area (TPSA) is 37.4 Å². The third-order valence-corrected chi connectivity index (χ3v) is 3.61. The van der Waals surface area contributed by atoms with Gasteiger partial charge in [-0.1, -0.05) is 29.8 Å². The number of nitrogens with zero attached hydrogens (tertiary/aromatic N) is 1. The van der Waals surface area contributed by atoms with Crippen LogP contribution in [0.1, 0.15) is 15.9 Å². The molecule has 0 saturated heterocycles. The second-order valence-electron chi connectivity index (χ2n) is 3.98. The quantitative estimate of drug-likeness (QED) is 0.594. The van der Waals surface area contributed by atoms with E-state index < -0.39 is 5.25 Å². The average molecular weight is 247 g/mol. The van der Waals surface area contributed by atoms with Crippen LogP contribution in [0.3, 0.4) is 0 Å². The molecule has 0 saturated carbocycles. The van der Waals surface area contributed by atoms with Crippen LogP contribution in [0.15, 0.2) is 35.9 Å². The summed E-state index contributed by atoms with van der Waals surface area (Å²) in [6.45, 7) is 1.96. The lowest BCUT2D eigenvalue weighted by Gasteiger charge is -2.22. The van der Waals surface area contributed by atoms with E-state index in [-0.39, 0.29) is 11.7 Å². The number of hydrogen-bond donors (Lipinski definition) is 0. The largest absolute Gasteiger partial charge is 0.320 e. The third-order valence-electron chi connectivity index (χ3n) is 2.65. The Morgan fingerprint density at radius 3 is 2.59 bits per heavy atom. The fourth-order valence-corrected chi connectivity index (χ4v) is 2.52. The summed E-state index contributed by atoms with van der Waals surface area (Å²) < 4.78 is 0. The van der Waals surface area contributed by atoms with Gasteiger partial charge in [-0.2, -0.15) is 0 Å². The molecule has 1 aromatic carbocycles. The minimum Gasteiger partial charge on any atom is -0.320 e. The van der Waals surface area contributed by atoms with Crippen LogP contribution in [0.5, 0.6) is 0 Å². The van der Waals surface area contributed by atoms with Crippen molar-refractivity contribution in [1.29, 1.82) is 0 Å². The first kappa shape index (κ1) is 11.9. The number of rotatable bonds is 2. The SMILES string of the molecule is Cc1ccc(C(=O)C2SC=CN(C)C2=O)cc1. The van der Waals surface area contributed by atoms with Crippen molar-refractivity contribution in [3.8, 4) is 0 Å². The molecule has 0 spiro atoms. The summed E-state index contributed by atoms with van der Waals surface area (Å²) in [7, 11) is 1.66. The summed E-state index contributed by atoms with van der Waals surface area (Å²) in [5, 5.41) is 1.13. The van der Waals surface area contributed by atoms with Crippen molar-refractivity contribution < 1.29 is 9.59 Å². The van der Waals surface area contributed by atoms with E-state index in [4.69, 9.17) is 0 Å². The fourth-order valence-electron chi connectivity index (χ4n) is 1.56. The number of carbonyl (C=O) groups is 2. The van der Waals surface area contributed by atoms with Crippen LogP contribution in [0, 0.1) is 6.92 Å². The molecular weight excluding hydrogens is 234 g/mol. The van der Waals surface area contributed by atoms with Crippen molar-refractivity contribution in [2.45, 2.75) is 12.2 Å². The van der Waals surface area contributed by atoms with Crippen molar-refractivity contribution in [3.05, 3.63) is 47.0 Å². The summed E-state index contributed by atoms with van der Waals surface area (Å²) in [5.74, 6) is -0.292. The number of aryl methyl sites for hydroxylation is 1. The molecule has 2 rings (SSSR count). The van der Waals surface area contributed by atoms with Gasteiger partial charge < -0.3 is 4.90 Å². The highest BCUT2D eigenvalue weighted by Gasteiger charge is 2.31. The second kappa shape index (κ2) is 4.75. The summed E-state index contributed by atoms with van der Waals surface area (Å²) in [4.78, 5) is 25.5. The molecule has 0 aliphatic carbocycles. The Labute approximate surface area is 104 Å². The molecule has 17 heavy (non-hydrogen) atoms. The van der Waals surface area contributed by atoms with E-state index >= 15 is 0 Å². The molecule has 0 fully saturated rings. The van der Waals surface area contributed by atoms with Gasteiger partial charge in [-0.3, -0.25) is 9.59 Å². The number of amides is 1. The van der Waals surface area contributed by atoms with E-state index in [9.17, 15) is 9.59 Å². The zero-order valence-electron chi connectivity index (χ0n) is 9.71. The zero-order valence-corrected chi connectivity index (χ0v) is 10.5. The zero-order chi connectivity index (χ0) is 12.4. The van der Waals surface area contributed by atoms with Gasteiger partial charge in [0.05, 0.1) is 0 Å². The molecule has 1 aliphatic rings. The van der Waals surface area contributed by atoms with Gasteiger partial charge in [-0.15, -0.1) is 11.8 Å². The molecule has 1 aliphatic heterocycles. The van der Waals surface area contributed by atoms with Gasteiger partial charge in [0, 0.05) is 18.8 Å². The van der Waals surface area contributed by atoms with Gasteiger partial charge in [0.25, 0.3) is 0 Å². The van der Waals surface area contributed by atoms with Gasteiger partial charge in [-0.05, 0) is 12.3 Å².